The molecule has 1 saturated heterocycles. The van der Waals surface area contributed by atoms with Gasteiger partial charge >= 0.3 is 0 Å². The van der Waals surface area contributed by atoms with E-state index in [0.29, 0.717) is 0 Å². The van der Waals surface area contributed by atoms with Crippen LogP contribution in [0.3, 0.4) is 0 Å². The maximum Gasteiger partial charge on any atom is 0.245 e. The Morgan fingerprint density at radius 1 is 1.00 bits per heavy atom. The van der Waals surface area contributed by atoms with Gasteiger partial charge in [-0.3, -0.25) is 4.79 Å². The molecule has 0 unspecified atom stereocenters. The second-order valence-electron chi connectivity index (χ2n) is 7.39. The SMILES string of the molecule is C[C@H](C(=O)N1CCN(c2ccccc2)CC1)N1CCCc2cc(Cl)ccc21. The maximum atomic E-state index is 13.2. The van der Waals surface area contributed by atoms with Gasteiger partial charge < -0.3 is 14.7 Å². The first-order chi connectivity index (χ1) is 13.1. The van der Waals surface area contributed by atoms with E-state index in [1.165, 1.54) is 11.3 Å². The molecule has 0 bridgehead atoms. The van der Waals surface area contributed by atoms with Crippen molar-refractivity contribution in [1.82, 2.24) is 4.90 Å². The first kappa shape index (κ1) is 18.2. The third-order valence-corrected chi connectivity index (χ3v) is 5.97. The molecule has 1 atom stereocenters. The zero-order valence-corrected chi connectivity index (χ0v) is 16.5. The van der Waals surface area contributed by atoms with E-state index in [1.54, 1.807) is 0 Å². The molecule has 5 heteroatoms. The summed E-state index contributed by atoms with van der Waals surface area (Å²) in [7, 11) is 0. The number of hydrogen-bond acceptors (Lipinski definition) is 3. The molecule has 2 heterocycles. The Hall–Kier alpha value is -2.20. The Labute approximate surface area is 166 Å². The van der Waals surface area contributed by atoms with E-state index in [9.17, 15) is 4.79 Å². The van der Waals surface area contributed by atoms with Crippen molar-refractivity contribution in [2.75, 3.05) is 42.5 Å². The Kier molecular flexibility index (Phi) is 5.26. The molecule has 0 aromatic heterocycles. The van der Waals surface area contributed by atoms with E-state index >= 15 is 0 Å². The van der Waals surface area contributed by atoms with Crippen LogP contribution in [0.5, 0.6) is 0 Å². The number of piperazine rings is 1. The van der Waals surface area contributed by atoms with Gasteiger partial charge in [-0.15, -0.1) is 0 Å². The fourth-order valence-electron chi connectivity index (χ4n) is 4.22. The molecule has 2 aliphatic heterocycles. The number of benzene rings is 2. The van der Waals surface area contributed by atoms with Gasteiger partial charge in [0.2, 0.25) is 5.91 Å². The van der Waals surface area contributed by atoms with Crippen molar-refractivity contribution in [2.24, 2.45) is 0 Å². The molecule has 0 saturated carbocycles. The van der Waals surface area contributed by atoms with E-state index in [4.69, 9.17) is 11.6 Å². The average Bonchev–Trinajstić information content (AvgIpc) is 2.73. The highest BCUT2D eigenvalue weighted by Crippen LogP contribution is 2.31. The van der Waals surface area contributed by atoms with Gasteiger partial charge in [0.15, 0.2) is 0 Å². The van der Waals surface area contributed by atoms with Crippen LogP contribution >= 0.6 is 11.6 Å². The van der Waals surface area contributed by atoms with Crippen LogP contribution in [0.15, 0.2) is 48.5 Å². The average molecular weight is 384 g/mol. The topological polar surface area (TPSA) is 26.8 Å². The van der Waals surface area contributed by atoms with E-state index in [2.05, 4.69) is 40.1 Å². The molecular weight excluding hydrogens is 358 g/mol. The molecule has 0 spiro atoms. The molecule has 27 heavy (non-hydrogen) atoms. The van der Waals surface area contributed by atoms with Crippen LogP contribution in [-0.4, -0.2) is 49.6 Å². The van der Waals surface area contributed by atoms with Gasteiger partial charge in [-0.25, -0.2) is 0 Å². The Morgan fingerprint density at radius 2 is 1.74 bits per heavy atom. The molecule has 0 aliphatic carbocycles. The summed E-state index contributed by atoms with van der Waals surface area (Å²) < 4.78 is 0. The highest BCUT2D eigenvalue weighted by atomic mass is 35.5. The second-order valence-corrected chi connectivity index (χ2v) is 7.83. The molecule has 0 N–H and O–H groups in total. The minimum Gasteiger partial charge on any atom is -0.368 e. The number of amides is 1. The van der Waals surface area contributed by atoms with Gasteiger partial charge in [0.1, 0.15) is 6.04 Å². The number of aryl methyl sites for hydroxylation is 1. The van der Waals surface area contributed by atoms with Crippen molar-refractivity contribution in [3.05, 3.63) is 59.1 Å². The molecule has 2 aliphatic rings. The Balaban J connectivity index is 1.42. The van der Waals surface area contributed by atoms with Crippen molar-refractivity contribution < 1.29 is 4.79 Å². The summed E-state index contributed by atoms with van der Waals surface area (Å²) in [5.74, 6) is 0.227. The molecule has 0 radical (unpaired) electrons. The maximum absolute atomic E-state index is 13.2. The summed E-state index contributed by atoms with van der Waals surface area (Å²) in [6.07, 6.45) is 2.09. The molecule has 4 nitrogen and oxygen atoms in total. The summed E-state index contributed by atoms with van der Waals surface area (Å²) in [6, 6.07) is 16.3. The molecule has 1 amide bonds. The largest absolute Gasteiger partial charge is 0.368 e. The molecule has 2 aromatic carbocycles. The Morgan fingerprint density at radius 3 is 2.48 bits per heavy atom. The van der Waals surface area contributed by atoms with Crippen molar-refractivity contribution in [3.63, 3.8) is 0 Å². The lowest BCUT2D eigenvalue weighted by Gasteiger charge is -2.41. The van der Waals surface area contributed by atoms with E-state index in [0.717, 1.165) is 56.3 Å². The lowest BCUT2D eigenvalue weighted by Crippen LogP contribution is -2.55. The molecule has 142 valence electrons. The lowest BCUT2D eigenvalue weighted by atomic mass is 10.00. The highest BCUT2D eigenvalue weighted by molar-refractivity contribution is 6.30. The molecule has 2 aromatic rings. The standard InChI is InChI=1S/C22H26ClN3O/c1-17(26-11-5-6-18-16-19(23)9-10-21(18)26)22(27)25-14-12-24(13-15-25)20-7-3-2-4-8-20/h2-4,7-10,16-17H,5-6,11-15H2,1H3/t17-/m1/s1. The van der Waals surface area contributed by atoms with E-state index < -0.39 is 0 Å². The minimum absolute atomic E-state index is 0.145. The van der Waals surface area contributed by atoms with Crippen LogP contribution in [-0.2, 0) is 11.2 Å². The number of rotatable bonds is 3. The van der Waals surface area contributed by atoms with Crippen molar-refractivity contribution >= 4 is 28.9 Å². The second kappa shape index (κ2) is 7.81. The predicted molar refractivity (Wildman–Crippen MR) is 112 cm³/mol. The number of para-hydroxylation sites is 1. The quantitative estimate of drug-likeness (QED) is 0.805. The fourth-order valence-corrected chi connectivity index (χ4v) is 4.41. The van der Waals surface area contributed by atoms with Gasteiger partial charge in [-0.1, -0.05) is 29.8 Å². The number of carbonyl (C=O) groups excluding carboxylic acids is 1. The molecule has 4 rings (SSSR count). The minimum atomic E-state index is -0.145. The molecule has 1 fully saturated rings. The van der Waals surface area contributed by atoms with Crippen LogP contribution in [0, 0.1) is 0 Å². The molecular formula is C22H26ClN3O. The first-order valence-corrected chi connectivity index (χ1v) is 10.1. The lowest BCUT2D eigenvalue weighted by molar-refractivity contribution is -0.132. The van der Waals surface area contributed by atoms with Crippen LogP contribution in [0.4, 0.5) is 11.4 Å². The van der Waals surface area contributed by atoms with Crippen molar-refractivity contribution in [1.29, 1.82) is 0 Å². The van der Waals surface area contributed by atoms with Gasteiger partial charge in [-0.05, 0) is 55.7 Å². The summed E-state index contributed by atoms with van der Waals surface area (Å²) in [5, 5.41) is 0.770. The number of hydrogen-bond donors (Lipinski definition) is 0. The van der Waals surface area contributed by atoms with E-state index in [1.807, 2.05) is 30.0 Å². The monoisotopic (exact) mass is 383 g/mol. The van der Waals surface area contributed by atoms with Gasteiger partial charge in [0.25, 0.3) is 0 Å². The number of carbonyl (C=O) groups is 1. The number of halogens is 1. The predicted octanol–water partition coefficient (Wildman–Crippen LogP) is 3.83. The normalized spacial score (nSPS) is 18.2. The van der Waals surface area contributed by atoms with Crippen LogP contribution < -0.4 is 9.80 Å². The van der Waals surface area contributed by atoms with E-state index in [-0.39, 0.29) is 11.9 Å². The number of anilines is 2. The first-order valence-electron chi connectivity index (χ1n) is 9.77. The third-order valence-electron chi connectivity index (χ3n) is 5.73. The third kappa shape index (κ3) is 3.77. The van der Waals surface area contributed by atoms with Gasteiger partial charge in [-0.2, -0.15) is 0 Å². The number of nitrogens with zero attached hydrogens (tertiary/aromatic N) is 3. The van der Waals surface area contributed by atoms with Crippen molar-refractivity contribution in [2.45, 2.75) is 25.8 Å². The van der Waals surface area contributed by atoms with Gasteiger partial charge in [0, 0.05) is 49.1 Å². The van der Waals surface area contributed by atoms with Crippen LogP contribution in [0.25, 0.3) is 0 Å². The highest BCUT2D eigenvalue weighted by Gasteiger charge is 2.31. The zero-order valence-electron chi connectivity index (χ0n) is 15.8. The summed E-state index contributed by atoms with van der Waals surface area (Å²) in [5.41, 5.74) is 3.65. The number of fused-ring (bicyclic) bond motifs is 1. The summed E-state index contributed by atoms with van der Waals surface area (Å²) in [4.78, 5) is 19.8. The Bertz CT molecular complexity index is 802. The van der Waals surface area contributed by atoms with Gasteiger partial charge in [0.05, 0.1) is 0 Å². The zero-order chi connectivity index (χ0) is 18.8. The smallest absolute Gasteiger partial charge is 0.245 e. The fraction of sp³-hybridized carbons (Fsp3) is 0.409. The van der Waals surface area contributed by atoms with Crippen LogP contribution in [0.2, 0.25) is 5.02 Å². The van der Waals surface area contributed by atoms with Crippen molar-refractivity contribution in [3.8, 4) is 0 Å². The summed E-state index contributed by atoms with van der Waals surface area (Å²) >= 11 is 6.15. The van der Waals surface area contributed by atoms with Crippen LogP contribution in [0.1, 0.15) is 18.9 Å². The summed E-state index contributed by atoms with van der Waals surface area (Å²) in [6.45, 7) is 6.28.